The fraction of sp³-hybridized carbons (Fsp3) is 0.545. The maximum atomic E-state index is 4.82. The minimum atomic E-state index is 0. The third-order valence-electron chi connectivity index (χ3n) is 5.07. The van der Waals surface area contributed by atoms with Crippen LogP contribution in [-0.4, -0.2) is 34.9 Å². The predicted octanol–water partition coefficient (Wildman–Crippen LogP) is 4.25. The average Bonchev–Trinajstić information content (AvgIpc) is 2.86. The molecule has 6 heteroatoms. The number of rotatable bonds is 7. The van der Waals surface area contributed by atoms with Crippen molar-refractivity contribution in [3.63, 3.8) is 0 Å². The standard InChI is InChI=1S/C22H35N5.HI/c1-8-23-22(24-14-16(3)20-11-9-15(2)10-12-20)25-17(4)13-21-18(5)26-27(7)19(21)6;/h9-12,16-17H,8,13-14H2,1-7H3,(H2,23,24,25);1H. The van der Waals surface area contributed by atoms with Gasteiger partial charge in [0.2, 0.25) is 0 Å². The van der Waals surface area contributed by atoms with E-state index in [9.17, 15) is 0 Å². The summed E-state index contributed by atoms with van der Waals surface area (Å²) in [5, 5.41) is 11.4. The van der Waals surface area contributed by atoms with Gasteiger partial charge >= 0.3 is 0 Å². The predicted molar refractivity (Wildman–Crippen MR) is 130 cm³/mol. The van der Waals surface area contributed by atoms with Crippen LogP contribution in [0.5, 0.6) is 0 Å². The van der Waals surface area contributed by atoms with Crippen molar-refractivity contribution in [1.82, 2.24) is 20.4 Å². The van der Waals surface area contributed by atoms with Gasteiger partial charge < -0.3 is 10.6 Å². The van der Waals surface area contributed by atoms with Gasteiger partial charge in [-0.2, -0.15) is 5.10 Å². The summed E-state index contributed by atoms with van der Waals surface area (Å²) in [7, 11) is 2.00. The van der Waals surface area contributed by atoms with Crippen LogP contribution in [0, 0.1) is 20.8 Å². The molecule has 28 heavy (non-hydrogen) atoms. The summed E-state index contributed by atoms with van der Waals surface area (Å²) >= 11 is 0. The minimum Gasteiger partial charge on any atom is -0.357 e. The molecule has 2 aromatic rings. The Hall–Kier alpha value is -1.57. The lowest BCUT2D eigenvalue weighted by atomic mass is 10.0. The maximum Gasteiger partial charge on any atom is 0.191 e. The smallest absolute Gasteiger partial charge is 0.191 e. The van der Waals surface area contributed by atoms with Crippen LogP contribution in [0.3, 0.4) is 0 Å². The van der Waals surface area contributed by atoms with E-state index in [1.54, 1.807) is 0 Å². The Bertz CT molecular complexity index is 764. The fourth-order valence-electron chi connectivity index (χ4n) is 3.25. The van der Waals surface area contributed by atoms with Crippen molar-refractivity contribution < 1.29 is 0 Å². The number of nitrogens with one attached hydrogen (secondary N) is 2. The van der Waals surface area contributed by atoms with Gasteiger partial charge in [-0.25, -0.2) is 0 Å². The minimum absolute atomic E-state index is 0. The van der Waals surface area contributed by atoms with Gasteiger partial charge in [0, 0.05) is 37.8 Å². The van der Waals surface area contributed by atoms with Crippen LogP contribution < -0.4 is 10.6 Å². The van der Waals surface area contributed by atoms with E-state index in [-0.39, 0.29) is 30.0 Å². The van der Waals surface area contributed by atoms with Crippen LogP contribution >= 0.6 is 24.0 Å². The van der Waals surface area contributed by atoms with Gasteiger partial charge in [0.1, 0.15) is 0 Å². The highest BCUT2D eigenvalue weighted by Crippen LogP contribution is 2.16. The third-order valence-corrected chi connectivity index (χ3v) is 5.07. The molecule has 0 spiro atoms. The van der Waals surface area contributed by atoms with Crippen LogP contribution in [0.1, 0.15) is 54.8 Å². The first-order chi connectivity index (χ1) is 12.8. The molecule has 0 radical (unpaired) electrons. The molecule has 0 saturated carbocycles. The third kappa shape index (κ3) is 6.79. The molecule has 2 unspecified atom stereocenters. The molecule has 1 aromatic heterocycles. The molecule has 0 amide bonds. The molecule has 2 rings (SSSR count). The number of benzene rings is 1. The lowest BCUT2D eigenvalue weighted by molar-refractivity contribution is 0.632. The zero-order chi connectivity index (χ0) is 20.0. The Labute approximate surface area is 187 Å². The number of aromatic nitrogens is 2. The normalized spacial score (nSPS) is 13.6. The first kappa shape index (κ1) is 24.5. The second kappa shape index (κ2) is 11.4. The molecule has 2 N–H and O–H groups in total. The van der Waals surface area contributed by atoms with Crippen molar-refractivity contribution in [2.75, 3.05) is 13.1 Å². The number of hydrogen-bond donors (Lipinski definition) is 2. The van der Waals surface area contributed by atoms with E-state index in [1.165, 1.54) is 22.4 Å². The van der Waals surface area contributed by atoms with Crippen molar-refractivity contribution in [1.29, 1.82) is 0 Å². The average molecular weight is 497 g/mol. The van der Waals surface area contributed by atoms with Crippen molar-refractivity contribution in [3.8, 4) is 0 Å². The zero-order valence-corrected chi connectivity index (χ0v) is 20.7. The Morgan fingerprint density at radius 3 is 2.32 bits per heavy atom. The summed E-state index contributed by atoms with van der Waals surface area (Å²) in [6, 6.07) is 9.01. The number of aliphatic imine (C=N–C) groups is 1. The van der Waals surface area contributed by atoms with Crippen molar-refractivity contribution >= 4 is 29.9 Å². The summed E-state index contributed by atoms with van der Waals surface area (Å²) in [5.41, 5.74) is 6.28. The van der Waals surface area contributed by atoms with E-state index in [2.05, 4.69) is 81.5 Å². The molecule has 0 aliphatic carbocycles. The van der Waals surface area contributed by atoms with E-state index in [0.717, 1.165) is 31.2 Å². The molecule has 0 aliphatic heterocycles. The number of guanidine groups is 1. The van der Waals surface area contributed by atoms with Gasteiger partial charge in [0.25, 0.3) is 0 Å². The Kier molecular flexibility index (Phi) is 9.99. The van der Waals surface area contributed by atoms with Crippen LogP contribution in [0.2, 0.25) is 0 Å². The summed E-state index contributed by atoms with van der Waals surface area (Å²) in [6.07, 6.45) is 0.934. The van der Waals surface area contributed by atoms with Crippen molar-refractivity contribution in [2.24, 2.45) is 12.0 Å². The van der Waals surface area contributed by atoms with Crippen molar-refractivity contribution in [3.05, 3.63) is 52.3 Å². The van der Waals surface area contributed by atoms with E-state index in [1.807, 2.05) is 11.7 Å². The molecule has 0 saturated heterocycles. The molecule has 0 aliphatic rings. The Balaban J connectivity index is 0.00000392. The maximum absolute atomic E-state index is 4.82. The fourth-order valence-corrected chi connectivity index (χ4v) is 3.25. The Morgan fingerprint density at radius 2 is 1.79 bits per heavy atom. The largest absolute Gasteiger partial charge is 0.357 e. The van der Waals surface area contributed by atoms with E-state index < -0.39 is 0 Å². The number of hydrogen-bond acceptors (Lipinski definition) is 2. The molecular weight excluding hydrogens is 461 g/mol. The molecule has 156 valence electrons. The highest BCUT2D eigenvalue weighted by molar-refractivity contribution is 14.0. The second-order valence-corrected chi connectivity index (χ2v) is 7.55. The van der Waals surface area contributed by atoms with Gasteiger partial charge in [-0.15, -0.1) is 24.0 Å². The summed E-state index contributed by atoms with van der Waals surface area (Å²) in [5.74, 6) is 1.27. The van der Waals surface area contributed by atoms with Gasteiger partial charge in [0.05, 0.1) is 5.69 Å². The highest BCUT2D eigenvalue weighted by Gasteiger charge is 2.14. The van der Waals surface area contributed by atoms with Gasteiger partial charge in [0.15, 0.2) is 5.96 Å². The van der Waals surface area contributed by atoms with Gasteiger partial charge in [-0.05, 0) is 52.2 Å². The molecule has 2 atom stereocenters. The first-order valence-electron chi connectivity index (χ1n) is 9.92. The van der Waals surface area contributed by atoms with Crippen molar-refractivity contribution in [2.45, 2.75) is 59.9 Å². The molecular formula is C22H36IN5. The number of aryl methyl sites for hydroxylation is 3. The second-order valence-electron chi connectivity index (χ2n) is 7.55. The summed E-state index contributed by atoms with van der Waals surface area (Å²) < 4.78 is 1.96. The molecule has 5 nitrogen and oxygen atoms in total. The SMILES string of the molecule is CCNC(=NCC(C)c1ccc(C)cc1)NC(C)Cc1c(C)nn(C)c1C.I. The molecule has 0 fully saturated rings. The van der Waals surface area contributed by atoms with Gasteiger partial charge in [-0.1, -0.05) is 36.8 Å². The van der Waals surface area contributed by atoms with E-state index >= 15 is 0 Å². The quantitative estimate of drug-likeness (QED) is 0.342. The number of halogens is 1. The highest BCUT2D eigenvalue weighted by atomic mass is 127. The monoisotopic (exact) mass is 497 g/mol. The first-order valence-corrected chi connectivity index (χ1v) is 9.92. The van der Waals surface area contributed by atoms with Crippen LogP contribution in [-0.2, 0) is 13.5 Å². The van der Waals surface area contributed by atoms with Gasteiger partial charge in [-0.3, -0.25) is 9.67 Å². The molecule has 1 heterocycles. The van der Waals surface area contributed by atoms with Crippen LogP contribution in [0.25, 0.3) is 0 Å². The summed E-state index contributed by atoms with van der Waals surface area (Å²) in [4.78, 5) is 4.82. The number of nitrogens with zero attached hydrogens (tertiary/aromatic N) is 3. The van der Waals surface area contributed by atoms with Crippen LogP contribution in [0.15, 0.2) is 29.3 Å². The van der Waals surface area contributed by atoms with Crippen LogP contribution in [0.4, 0.5) is 0 Å². The lowest BCUT2D eigenvalue weighted by Crippen LogP contribution is -2.43. The topological polar surface area (TPSA) is 54.2 Å². The lowest BCUT2D eigenvalue weighted by Gasteiger charge is -2.19. The van der Waals surface area contributed by atoms with E-state index in [0.29, 0.717) is 5.92 Å². The molecule has 1 aromatic carbocycles. The molecule has 0 bridgehead atoms. The Morgan fingerprint density at radius 1 is 1.14 bits per heavy atom. The zero-order valence-electron chi connectivity index (χ0n) is 18.3. The summed E-state index contributed by atoms with van der Waals surface area (Å²) in [6.45, 7) is 14.5. The van der Waals surface area contributed by atoms with E-state index in [4.69, 9.17) is 4.99 Å².